The van der Waals surface area contributed by atoms with E-state index in [0.29, 0.717) is 12.1 Å². The second-order valence-corrected chi connectivity index (χ2v) is 5.59. The molecule has 6 heteroatoms. The van der Waals surface area contributed by atoms with Crippen molar-refractivity contribution in [1.29, 1.82) is 0 Å². The third-order valence-corrected chi connectivity index (χ3v) is 4.32. The van der Waals surface area contributed by atoms with Crippen LogP contribution in [0.3, 0.4) is 0 Å². The summed E-state index contributed by atoms with van der Waals surface area (Å²) in [5.41, 5.74) is 0.809. The third-order valence-electron chi connectivity index (χ3n) is 4.32. The van der Waals surface area contributed by atoms with Crippen LogP contribution in [0.5, 0.6) is 0 Å². The van der Waals surface area contributed by atoms with E-state index in [2.05, 4.69) is 15.2 Å². The first-order valence-electron chi connectivity index (χ1n) is 7.01. The quantitative estimate of drug-likeness (QED) is 0.776. The first-order valence-corrected chi connectivity index (χ1v) is 7.01. The summed E-state index contributed by atoms with van der Waals surface area (Å²) in [6.07, 6.45) is 4.63. The number of nitrogens with one attached hydrogen (secondary N) is 1. The molecule has 2 unspecified atom stereocenters. The van der Waals surface area contributed by atoms with Gasteiger partial charge in [-0.2, -0.15) is 0 Å². The van der Waals surface area contributed by atoms with E-state index >= 15 is 0 Å². The highest BCUT2D eigenvalue weighted by Gasteiger charge is 2.41. The number of pyridine rings is 1. The molecule has 3 rings (SSSR count). The lowest BCUT2D eigenvalue weighted by Gasteiger charge is -2.39. The monoisotopic (exact) mass is 277 g/mol. The molecule has 0 saturated carbocycles. The Balaban J connectivity index is 1.74. The molecule has 1 amide bonds. The zero-order valence-corrected chi connectivity index (χ0v) is 11.2. The summed E-state index contributed by atoms with van der Waals surface area (Å²) in [6, 6.07) is 4.61. The van der Waals surface area contributed by atoms with Crippen LogP contribution in [0.1, 0.15) is 31.2 Å². The Morgan fingerprint density at radius 1 is 1.35 bits per heavy atom. The minimum atomic E-state index is -0.937. The molecule has 108 valence electrons. The number of aliphatic hydroxyl groups is 1. The largest absolute Gasteiger partial charge is 0.465 e. The van der Waals surface area contributed by atoms with Gasteiger partial charge < -0.3 is 20.4 Å². The van der Waals surface area contributed by atoms with Crippen LogP contribution in [0.25, 0.3) is 0 Å². The van der Waals surface area contributed by atoms with Gasteiger partial charge in [0.25, 0.3) is 0 Å². The number of hydrogen-bond donors (Lipinski definition) is 3. The van der Waals surface area contributed by atoms with Gasteiger partial charge in [0, 0.05) is 24.3 Å². The van der Waals surface area contributed by atoms with Gasteiger partial charge in [-0.3, -0.25) is 0 Å². The molecule has 1 aromatic heterocycles. The third kappa shape index (κ3) is 2.43. The van der Waals surface area contributed by atoms with Crippen molar-refractivity contribution in [3.05, 3.63) is 23.9 Å². The zero-order chi connectivity index (χ0) is 14.1. The van der Waals surface area contributed by atoms with E-state index in [1.54, 1.807) is 6.20 Å². The molecule has 6 nitrogen and oxygen atoms in total. The average Bonchev–Trinajstić information content (AvgIpc) is 2.70. The van der Waals surface area contributed by atoms with Gasteiger partial charge in [0.05, 0.1) is 6.61 Å². The van der Waals surface area contributed by atoms with Gasteiger partial charge in [-0.25, -0.2) is 9.78 Å². The molecule has 20 heavy (non-hydrogen) atoms. The van der Waals surface area contributed by atoms with Crippen molar-refractivity contribution >= 4 is 11.9 Å². The number of amides is 1. The van der Waals surface area contributed by atoms with E-state index in [4.69, 9.17) is 10.2 Å². The normalized spacial score (nSPS) is 28.4. The van der Waals surface area contributed by atoms with Crippen LogP contribution in [0.4, 0.5) is 10.6 Å². The van der Waals surface area contributed by atoms with Gasteiger partial charge in [0.15, 0.2) is 0 Å². The maximum Gasteiger partial charge on any atom is 0.404 e. The molecule has 3 heterocycles. The summed E-state index contributed by atoms with van der Waals surface area (Å²) in [4.78, 5) is 17.5. The molecule has 2 aliphatic rings. The Morgan fingerprint density at radius 3 is 2.55 bits per heavy atom. The maximum atomic E-state index is 10.8. The highest BCUT2D eigenvalue weighted by atomic mass is 16.4. The molecular formula is C14H19N3O3. The molecule has 0 aromatic carbocycles. The molecule has 2 bridgehead atoms. The van der Waals surface area contributed by atoms with Gasteiger partial charge in [0.1, 0.15) is 5.82 Å². The van der Waals surface area contributed by atoms with Crippen LogP contribution in [-0.4, -0.2) is 39.4 Å². The molecule has 0 aliphatic carbocycles. The molecule has 1 aromatic rings. The summed E-state index contributed by atoms with van der Waals surface area (Å²) < 4.78 is 0. The van der Waals surface area contributed by atoms with Crippen molar-refractivity contribution in [3.8, 4) is 0 Å². The highest BCUT2D eigenvalue weighted by Crippen LogP contribution is 2.38. The number of nitrogens with zero attached hydrogens (tertiary/aromatic N) is 2. The number of carboxylic acid groups (broad SMARTS) is 1. The van der Waals surface area contributed by atoms with Crippen LogP contribution in [0.15, 0.2) is 18.3 Å². The fraction of sp³-hybridized carbons (Fsp3) is 0.571. The SMILES string of the molecule is O=C(O)NC1CC2CCC(C1)N2c1ccc(CO)cn1. The van der Waals surface area contributed by atoms with Crippen molar-refractivity contribution < 1.29 is 15.0 Å². The highest BCUT2D eigenvalue weighted by molar-refractivity contribution is 5.65. The van der Waals surface area contributed by atoms with E-state index in [1.807, 2.05) is 12.1 Å². The van der Waals surface area contributed by atoms with Gasteiger partial charge in [-0.1, -0.05) is 6.07 Å². The lowest BCUT2D eigenvalue weighted by Crippen LogP contribution is -2.50. The molecule has 3 N–H and O–H groups in total. The summed E-state index contributed by atoms with van der Waals surface area (Å²) in [5, 5.41) is 20.5. The van der Waals surface area contributed by atoms with Crippen molar-refractivity contribution in [2.75, 3.05) is 4.90 Å². The van der Waals surface area contributed by atoms with Crippen LogP contribution < -0.4 is 10.2 Å². The minimum Gasteiger partial charge on any atom is -0.465 e. The Hall–Kier alpha value is -1.82. The Morgan fingerprint density at radius 2 is 2.05 bits per heavy atom. The molecule has 2 fully saturated rings. The lowest BCUT2D eigenvalue weighted by molar-refractivity contribution is 0.185. The predicted molar refractivity (Wildman–Crippen MR) is 73.6 cm³/mol. The molecule has 2 atom stereocenters. The fourth-order valence-electron chi connectivity index (χ4n) is 3.51. The summed E-state index contributed by atoms with van der Waals surface area (Å²) in [5.74, 6) is 0.934. The smallest absolute Gasteiger partial charge is 0.404 e. The van der Waals surface area contributed by atoms with Gasteiger partial charge in [-0.05, 0) is 37.3 Å². The topological polar surface area (TPSA) is 85.7 Å². The first-order chi connectivity index (χ1) is 9.67. The molecule has 2 saturated heterocycles. The molecule has 2 aliphatic heterocycles. The standard InChI is InChI=1S/C14H19N3O3/c18-8-9-1-4-13(15-7-9)17-11-2-3-12(17)6-10(5-11)16-14(19)20/h1,4,7,10-12,16,18H,2-3,5-6,8H2,(H,19,20). The number of piperidine rings is 1. The van der Waals surface area contributed by atoms with Crippen molar-refractivity contribution in [2.24, 2.45) is 0 Å². The van der Waals surface area contributed by atoms with E-state index in [0.717, 1.165) is 37.1 Å². The maximum absolute atomic E-state index is 10.8. The van der Waals surface area contributed by atoms with E-state index in [1.165, 1.54) is 0 Å². The van der Waals surface area contributed by atoms with Crippen molar-refractivity contribution in [3.63, 3.8) is 0 Å². The Bertz CT molecular complexity index is 477. The van der Waals surface area contributed by atoms with E-state index < -0.39 is 6.09 Å². The van der Waals surface area contributed by atoms with Gasteiger partial charge >= 0.3 is 6.09 Å². The van der Waals surface area contributed by atoms with Crippen LogP contribution >= 0.6 is 0 Å². The number of anilines is 1. The number of aliphatic hydroxyl groups excluding tert-OH is 1. The fourth-order valence-corrected chi connectivity index (χ4v) is 3.51. The second-order valence-electron chi connectivity index (χ2n) is 5.59. The molecule has 0 spiro atoms. The summed E-state index contributed by atoms with van der Waals surface area (Å²) >= 11 is 0. The Kier molecular flexibility index (Phi) is 3.48. The molecule has 0 radical (unpaired) electrons. The number of aromatic nitrogens is 1. The van der Waals surface area contributed by atoms with Crippen LogP contribution in [0.2, 0.25) is 0 Å². The lowest BCUT2D eigenvalue weighted by atomic mass is 9.97. The average molecular weight is 277 g/mol. The van der Waals surface area contributed by atoms with E-state index in [-0.39, 0.29) is 12.6 Å². The van der Waals surface area contributed by atoms with Crippen molar-refractivity contribution in [2.45, 2.75) is 50.4 Å². The first kappa shape index (κ1) is 13.2. The predicted octanol–water partition coefficient (Wildman–Crippen LogP) is 1.34. The number of hydrogen-bond acceptors (Lipinski definition) is 4. The summed E-state index contributed by atoms with van der Waals surface area (Å²) in [6.45, 7) is 0.00471. The molecular weight excluding hydrogens is 258 g/mol. The van der Waals surface area contributed by atoms with Crippen LogP contribution in [0, 0.1) is 0 Å². The van der Waals surface area contributed by atoms with Gasteiger partial charge in [-0.15, -0.1) is 0 Å². The number of fused-ring (bicyclic) bond motifs is 2. The van der Waals surface area contributed by atoms with Crippen molar-refractivity contribution in [1.82, 2.24) is 10.3 Å². The minimum absolute atomic E-state index is 0.00471. The van der Waals surface area contributed by atoms with Crippen LogP contribution in [-0.2, 0) is 6.61 Å². The summed E-state index contributed by atoms with van der Waals surface area (Å²) in [7, 11) is 0. The zero-order valence-electron chi connectivity index (χ0n) is 11.2. The van der Waals surface area contributed by atoms with E-state index in [9.17, 15) is 4.79 Å². The second kappa shape index (κ2) is 5.28. The van der Waals surface area contributed by atoms with Gasteiger partial charge in [0.2, 0.25) is 0 Å². The number of rotatable bonds is 3. The Labute approximate surface area is 117 Å². The number of carbonyl (C=O) groups is 1.